The van der Waals surface area contributed by atoms with E-state index in [0.717, 1.165) is 18.4 Å². The van der Waals surface area contributed by atoms with Gasteiger partial charge in [-0.3, -0.25) is 4.79 Å². The first-order valence-electron chi connectivity index (χ1n) is 7.63. The largest absolute Gasteiger partial charge is 0.497 e. The van der Waals surface area contributed by atoms with Gasteiger partial charge in [-0.05, 0) is 36.6 Å². The summed E-state index contributed by atoms with van der Waals surface area (Å²) in [6.45, 7) is 0.417. The van der Waals surface area contributed by atoms with Crippen LogP contribution in [0.1, 0.15) is 17.5 Å². The number of hydrogen-bond donors (Lipinski definition) is 0. The molecule has 0 unspecified atom stereocenters. The maximum atomic E-state index is 12.0. The smallest absolute Gasteiger partial charge is 0.310 e. The van der Waals surface area contributed by atoms with Crippen molar-refractivity contribution in [2.75, 3.05) is 20.8 Å². The van der Waals surface area contributed by atoms with Gasteiger partial charge in [-0.1, -0.05) is 30.3 Å². The number of hydrogen-bond acceptors (Lipinski definition) is 4. The fourth-order valence-corrected chi connectivity index (χ4v) is 2.33. The van der Waals surface area contributed by atoms with E-state index in [9.17, 15) is 4.79 Å². The van der Waals surface area contributed by atoms with E-state index in [0.29, 0.717) is 18.1 Å². The Morgan fingerprint density at radius 3 is 2.48 bits per heavy atom. The highest BCUT2D eigenvalue weighted by atomic mass is 16.5. The van der Waals surface area contributed by atoms with Gasteiger partial charge in [0.25, 0.3) is 0 Å². The third-order valence-corrected chi connectivity index (χ3v) is 3.54. The average molecular weight is 314 g/mol. The highest BCUT2D eigenvalue weighted by Gasteiger charge is 2.11. The van der Waals surface area contributed by atoms with Crippen LogP contribution in [0.2, 0.25) is 0 Å². The Hall–Kier alpha value is -2.49. The quantitative estimate of drug-likeness (QED) is 0.553. The Bertz CT molecular complexity index is 623. The third-order valence-electron chi connectivity index (χ3n) is 3.54. The Morgan fingerprint density at radius 1 is 1.00 bits per heavy atom. The molecule has 2 aromatic carbocycles. The molecule has 0 saturated carbocycles. The first kappa shape index (κ1) is 16.9. The Kier molecular flexibility index (Phi) is 6.48. The molecule has 4 nitrogen and oxygen atoms in total. The van der Waals surface area contributed by atoms with E-state index >= 15 is 0 Å². The minimum atomic E-state index is -0.260. The molecule has 4 heteroatoms. The molecule has 2 aromatic rings. The zero-order valence-corrected chi connectivity index (χ0v) is 13.6. The molecule has 0 aliphatic heterocycles. The van der Waals surface area contributed by atoms with Gasteiger partial charge in [-0.15, -0.1) is 0 Å². The molecule has 0 aliphatic carbocycles. The lowest BCUT2D eigenvalue weighted by Crippen LogP contribution is -2.10. The van der Waals surface area contributed by atoms with Crippen molar-refractivity contribution < 1.29 is 19.0 Å². The van der Waals surface area contributed by atoms with Crippen molar-refractivity contribution in [1.29, 1.82) is 0 Å². The van der Waals surface area contributed by atoms with Crippen molar-refractivity contribution in [2.24, 2.45) is 0 Å². The normalized spacial score (nSPS) is 10.2. The number of esters is 1. The average Bonchev–Trinajstić information content (AvgIpc) is 2.59. The molecule has 0 bridgehead atoms. The molecule has 0 N–H and O–H groups in total. The zero-order valence-electron chi connectivity index (χ0n) is 13.6. The second kappa shape index (κ2) is 8.83. The number of carbonyl (C=O) groups excluding carboxylic acids is 1. The first-order chi connectivity index (χ1) is 11.2. The molecule has 0 fully saturated rings. The van der Waals surface area contributed by atoms with Gasteiger partial charge in [0, 0.05) is 5.56 Å². The van der Waals surface area contributed by atoms with Crippen LogP contribution >= 0.6 is 0 Å². The van der Waals surface area contributed by atoms with E-state index in [2.05, 4.69) is 12.1 Å². The summed E-state index contributed by atoms with van der Waals surface area (Å²) < 4.78 is 15.7. The molecule has 0 spiro atoms. The summed E-state index contributed by atoms with van der Waals surface area (Å²) in [6.07, 6.45) is 1.88. The van der Waals surface area contributed by atoms with Crippen LogP contribution in [0.15, 0.2) is 48.5 Å². The maximum absolute atomic E-state index is 12.0. The maximum Gasteiger partial charge on any atom is 0.310 e. The topological polar surface area (TPSA) is 44.8 Å². The number of carbonyl (C=O) groups is 1. The second-order valence-electron chi connectivity index (χ2n) is 5.16. The van der Waals surface area contributed by atoms with Crippen molar-refractivity contribution >= 4 is 5.97 Å². The molecule has 2 rings (SSSR count). The van der Waals surface area contributed by atoms with E-state index in [1.54, 1.807) is 32.4 Å². The SMILES string of the molecule is COc1ccc(OC)c(CC(=O)OCCCc2ccccc2)c1. The van der Waals surface area contributed by atoms with Gasteiger partial charge in [0.05, 0.1) is 27.2 Å². The summed E-state index contributed by atoms with van der Waals surface area (Å²) in [6, 6.07) is 15.5. The fraction of sp³-hybridized carbons (Fsp3) is 0.316. The van der Waals surface area contributed by atoms with Gasteiger partial charge in [-0.25, -0.2) is 0 Å². The van der Waals surface area contributed by atoms with Crippen molar-refractivity contribution in [3.8, 4) is 11.5 Å². The van der Waals surface area contributed by atoms with Crippen LogP contribution < -0.4 is 9.47 Å². The van der Waals surface area contributed by atoms with Crippen LogP contribution in [0, 0.1) is 0 Å². The number of methoxy groups -OCH3 is 2. The summed E-state index contributed by atoms with van der Waals surface area (Å²) >= 11 is 0. The molecule has 0 aliphatic rings. The van der Waals surface area contributed by atoms with Gasteiger partial charge in [0.15, 0.2) is 0 Å². The minimum Gasteiger partial charge on any atom is -0.497 e. The summed E-state index contributed by atoms with van der Waals surface area (Å²) in [7, 11) is 3.17. The molecular weight excluding hydrogens is 292 g/mol. The molecule has 122 valence electrons. The van der Waals surface area contributed by atoms with Gasteiger partial charge in [-0.2, -0.15) is 0 Å². The highest BCUT2D eigenvalue weighted by Crippen LogP contribution is 2.24. The van der Waals surface area contributed by atoms with Gasteiger partial charge < -0.3 is 14.2 Å². The summed E-state index contributed by atoms with van der Waals surface area (Å²) in [5, 5.41) is 0. The van der Waals surface area contributed by atoms with Gasteiger partial charge >= 0.3 is 5.97 Å². The van der Waals surface area contributed by atoms with Crippen LogP contribution in [0.3, 0.4) is 0 Å². The van der Waals surface area contributed by atoms with Crippen LogP contribution in [-0.2, 0) is 22.4 Å². The lowest BCUT2D eigenvalue weighted by atomic mass is 10.1. The Labute approximate surface area is 137 Å². The van der Waals surface area contributed by atoms with Crippen LogP contribution in [0.5, 0.6) is 11.5 Å². The molecule has 0 aromatic heterocycles. The first-order valence-corrected chi connectivity index (χ1v) is 7.63. The number of benzene rings is 2. The summed E-state index contributed by atoms with van der Waals surface area (Å²) in [5.74, 6) is 1.09. The third kappa shape index (κ3) is 5.33. The molecule has 0 amide bonds. The van der Waals surface area contributed by atoms with Crippen LogP contribution in [0.25, 0.3) is 0 Å². The molecular formula is C19H22O4. The summed E-state index contributed by atoms with van der Waals surface area (Å²) in [4.78, 5) is 12.0. The zero-order chi connectivity index (χ0) is 16.5. The molecule has 23 heavy (non-hydrogen) atoms. The van der Waals surface area contributed by atoms with Gasteiger partial charge in [0.1, 0.15) is 11.5 Å². The van der Waals surface area contributed by atoms with Crippen molar-refractivity contribution in [2.45, 2.75) is 19.3 Å². The van der Waals surface area contributed by atoms with E-state index in [-0.39, 0.29) is 12.4 Å². The molecule has 0 saturated heterocycles. The van der Waals surface area contributed by atoms with Crippen molar-refractivity contribution in [3.63, 3.8) is 0 Å². The molecule has 0 atom stereocenters. The lowest BCUT2D eigenvalue weighted by molar-refractivity contribution is -0.142. The van der Waals surface area contributed by atoms with Crippen molar-refractivity contribution in [3.05, 3.63) is 59.7 Å². The molecule has 0 radical (unpaired) electrons. The monoisotopic (exact) mass is 314 g/mol. The van der Waals surface area contributed by atoms with Crippen LogP contribution in [-0.4, -0.2) is 26.8 Å². The van der Waals surface area contributed by atoms with E-state index in [1.807, 2.05) is 18.2 Å². The fourth-order valence-electron chi connectivity index (χ4n) is 2.33. The highest BCUT2D eigenvalue weighted by molar-refractivity contribution is 5.73. The summed E-state index contributed by atoms with van der Waals surface area (Å²) in [5.41, 5.74) is 2.01. The van der Waals surface area contributed by atoms with E-state index in [4.69, 9.17) is 14.2 Å². The molecule has 0 heterocycles. The lowest BCUT2D eigenvalue weighted by Gasteiger charge is -2.10. The number of aryl methyl sites for hydroxylation is 1. The predicted molar refractivity (Wildman–Crippen MR) is 89.0 cm³/mol. The predicted octanol–water partition coefficient (Wildman–Crippen LogP) is 3.42. The van der Waals surface area contributed by atoms with Crippen LogP contribution in [0.4, 0.5) is 0 Å². The van der Waals surface area contributed by atoms with E-state index in [1.165, 1.54) is 5.56 Å². The standard InChI is InChI=1S/C19H22O4/c1-21-17-10-11-18(22-2)16(13-17)14-19(20)23-12-6-9-15-7-4-3-5-8-15/h3-5,7-8,10-11,13H,6,9,12,14H2,1-2H3. The minimum absolute atomic E-state index is 0.172. The Morgan fingerprint density at radius 2 is 1.78 bits per heavy atom. The second-order valence-corrected chi connectivity index (χ2v) is 5.16. The number of rotatable bonds is 8. The van der Waals surface area contributed by atoms with Gasteiger partial charge in [0.2, 0.25) is 0 Å². The van der Waals surface area contributed by atoms with Crippen molar-refractivity contribution in [1.82, 2.24) is 0 Å². The Balaban J connectivity index is 1.80. The van der Waals surface area contributed by atoms with E-state index < -0.39 is 0 Å². The number of ether oxygens (including phenoxy) is 3.